The highest BCUT2D eigenvalue weighted by Crippen LogP contribution is 2.19. The van der Waals surface area contributed by atoms with Gasteiger partial charge in [-0.05, 0) is 48.4 Å². The number of nitrogens with one attached hydrogen (secondary N) is 1. The first-order valence-corrected chi connectivity index (χ1v) is 11.7. The Labute approximate surface area is 192 Å². The standard InChI is InChI=1S/C28H35NO3/c1-2-3-4-5-9-19-30-28-14-10-11-25(22-28)29-23-24-15-17-27(18-16-24)32-21-20-31-26-12-7-6-8-13-26/h6-8,10-18,22,29H,2-5,9,19-21,23H2,1H3. The van der Waals surface area contributed by atoms with Crippen molar-refractivity contribution in [2.45, 2.75) is 45.6 Å². The third-order valence-corrected chi connectivity index (χ3v) is 5.13. The molecule has 0 unspecified atom stereocenters. The zero-order valence-electron chi connectivity index (χ0n) is 19.1. The minimum absolute atomic E-state index is 0.512. The Bertz CT molecular complexity index is 881. The lowest BCUT2D eigenvalue weighted by molar-refractivity contribution is 0.217. The summed E-state index contributed by atoms with van der Waals surface area (Å²) in [5, 5.41) is 3.47. The SMILES string of the molecule is CCCCCCCOc1cccc(NCc2ccc(OCCOc3ccccc3)cc2)c1. The van der Waals surface area contributed by atoms with Crippen LogP contribution in [0.25, 0.3) is 0 Å². The molecular weight excluding hydrogens is 398 g/mol. The number of unbranched alkanes of at least 4 members (excludes halogenated alkanes) is 4. The summed E-state index contributed by atoms with van der Waals surface area (Å²) < 4.78 is 17.3. The van der Waals surface area contributed by atoms with Gasteiger partial charge in [-0.1, -0.05) is 69.0 Å². The molecule has 0 radical (unpaired) electrons. The minimum Gasteiger partial charge on any atom is -0.494 e. The Morgan fingerprint density at radius 2 is 1.25 bits per heavy atom. The predicted molar refractivity (Wildman–Crippen MR) is 132 cm³/mol. The highest BCUT2D eigenvalue weighted by molar-refractivity contribution is 5.48. The predicted octanol–water partition coefficient (Wildman–Crippen LogP) is 7.11. The average molecular weight is 434 g/mol. The molecule has 1 N–H and O–H groups in total. The molecule has 0 fully saturated rings. The molecule has 0 aliphatic heterocycles. The van der Waals surface area contributed by atoms with Crippen LogP contribution in [-0.4, -0.2) is 19.8 Å². The fourth-order valence-electron chi connectivity index (χ4n) is 3.33. The molecule has 0 saturated carbocycles. The summed E-state index contributed by atoms with van der Waals surface area (Å²) in [6, 6.07) is 26.1. The number of anilines is 1. The van der Waals surface area contributed by atoms with E-state index in [9.17, 15) is 0 Å². The van der Waals surface area contributed by atoms with E-state index in [1.165, 1.54) is 31.2 Å². The van der Waals surface area contributed by atoms with Gasteiger partial charge in [-0.3, -0.25) is 0 Å². The summed E-state index contributed by atoms with van der Waals surface area (Å²) >= 11 is 0. The molecular formula is C28H35NO3. The molecule has 0 saturated heterocycles. The van der Waals surface area contributed by atoms with Crippen LogP contribution in [0.4, 0.5) is 5.69 Å². The summed E-state index contributed by atoms with van der Waals surface area (Å²) in [6.45, 7) is 4.80. The molecule has 0 aliphatic rings. The van der Waals surface area contributed by atoms with Crippen LogP contribution in [0.15, 0.2) is 78.9 Å². The lowest BCUT2D eigenvalue weighted by Crippen LogP contribution is -2.09. The second-order valence-electron chi connectivity index (χ2n) is 7.80. The van der Waals surface area contributed by atoms with Crippen LogP contribution in [0.2, 0.25) is 0 Å². The van der Waals surface area contributed by atoms with Gasteiger partial charge in [0.25, 0.3) is 0 Å². The van der Waals surface area contributed by atoms with Crippen molar-refractivity contribution in [3.05, 3.63) is 84.4 Å². The van der Waals surface area contributed by atoms with E-state index in [4.69, 9.17) is 14.2 Å². The highest BCUT2D eigenvalue weighted by atomic mass is 16.5. The monoisotopic (exact) mass is 433 g/mol. The maximum absolute atomic E-state index is 5.90. The van der Waals surface area contributed by atoms with Crippen LogP contribution < -0.4 is 19.5 Å². The van der Waals surface area contributed by atoms with Crippen molar-refractivity contribution < 1.29 is 14.2 Å². The summed E-state index contributed by atoms with van der Waals surface area (Å²) in [6.07, 6.45) is 6.24. The molecule has 0 bridgehead atoms. The molecule has 0 aliphatic carbocycles. The average Bonchev–Trinajstić information content (AvgIpc) is 2.84. The molecule has 170 valence electrons. The van der Waals surface area contributed by atoms with E-state index in [2.05, 4.69) is 36.5 Å². The van der Waals surface area contributed by atoms with Crippen molar-refractivity contribution in [2.75, 3.05) is 25.1 Å². The smallest absolute Gasteiger partial charge is 0.122 e. The van der Waals surface area contributed by atoms with Gasteiger partial charge in [-0.2, -0.15) is 0 Å². The molecule has 0 spiro atoms. The first kappa shape index (κ1) is 23.5. The van der Waals surface area contributed by atoms with Gasteiger partial charge in [0.05, 0.1) is 6.61 Å². The molecule has 0 atom stereocenters. The van der Waals surface area contributed by atoms with Crippen molar-refractivity contribution in [3.63, 3.8) is 0 Å². The van der Waals surface area contributed by atoms with Crippen LogP contribution in [0.3, 0.4) is 0 Å². The minimum atomic E-state index is 0.512. The fraction of sp³-hybridized carbons (Fsp3) is 0.357. The van der Waals surface area contributed by atoms with Gasteiger partial charge in [0.1, 0.15) is 30.5 Å². The number of ether oxygens (including phenoxy) is 3. The normalized spacial score (nSPS) is 10.5. The first-order valence-electron chi connectivity index (χ1n) is 11.7. The van der Waals surface area contributed by atoms with Crippen molar-refractivity contribution in [1.82, 2.24) is 0 Å². The molecule has 3 aromatic rings. The van der Waals surface area contributed by atoms with Gasteiger partial charge >= 0.3 is 0 Å². The van der Waals surface area contributed by atoms with Crippen LogP contribution in [0.1, 0.15) is 44.6 Å². The van der Waals surface area contributed by atoms with Crippen LogP contribution in [0, 0.1) is 0 Å². The Morgan fingerprint density at radius 3 is 2.00 bits per heavy atom. The molecule has 0 amide bonds. The van der Waals surface area contributed by atoms with Gasteiger partial charge in [-0.15, -0.1) is 0 Å². The first-order chi connectivity index (χ1) is 15.8. The number of rotatable bonds is 15. The summed E-state index contributed by atoms with van der Waals surface area (Å²) in [5.41, 5.74) is 2.26. The quantitative estimate of drug-likeness (QED) is 0.259. The largest absolute Gasteiger partial charge is 0.494 e. The third-order valence-electron chi connectivity index (χ3n) is 5.13. The topological polar surface area (TPSA) is 39.7 Å². The number of benzene rings is 3. The van der Waals surface area contributed by atoms with Crippen LogP contribution in [0.5, 0.6) is 17.2 Å². The van der Waals surface area contributed by atoms with Gasteiger partial charge in [0, 0.05) is 18.3 Å². The van der Waals surface area contributed by atoms with Gasteiger partial charge in [0.2, 0.25) is 0 Å². The number of para-hydroxylation sites is 1. The highest BCUT2D eigenvalue weighted by Gasteiger charge is 2.00. The third kappa shape index (κ3) is 8.93. The Balaban J connectivity index is 1.34. The Morgan fingerprint density at radius 1 is 0.594 bits per heavy atom. The lowest BCUT2D eigenvalue weighted by Gasteiger charge is -2.11. The van der Waals surface area contributed by atoms with Gasteiger partial charge < -0.3 is 19.5 Å². The van der Waals surface area contributed by atoms with Crippen molar-refractivity contribution in [2.24, 2.45) is 0 Å². The molecule has 0 heterocycles. The summed E-state index contributed by atoms with van der Waals surface area (Å²) in [4.78, 5) is 0. The van der Waals surface area contributed by atoms with E-state index in [1.807, 2.05) is 54.6 Å². The fourth-order valence-corrected chi connectivity index (χ4v) is 3.33. The molecule has 4 heteroatoms. The maximum atomic E-state index is 5.90. The summed E-state index contributed by atoms with van der Waals surface area (Å²) in [7, 11) is 0. The van der Waals surface area contributed by atoms with E-state index in [1.54, 1.807) is 0 Å². The van der Waals surface area contributed by atoms with Crippen molar-refractivity contribution >= 4 is 5.69 Å². The second kappa shape index (κ2) is 14.0. The summed E-state index contributed by atoms with van der Waals surface area (Å²) in [5.74, 6) is 2.63. The molecule has 0 aromatic heterocycles. The van der Waals surface area contributed by atoms with E-state index >= 15 is 0 Å². The van der Waals surface area contributed by atoms with Crippen LogP contribution >= 0.6 is 0 Å². The Kier molecular flexibility index (Phi) is 10.3. The molecule has 4 nitrogen and oxygen atoms in total. The van der Waals surface area contributed by atoms with Crippen molar-refractivity contribution in [1.29, 1.82) is 0 Å². The van der Waals surface area contributed by atoms with E-state index in [0.717, 1.165) is 42.5 Å². The van der Waals surface area contributed by atoms with Crippen LogP contribution in [-0.2, 0) is 6.54 Å². The number of hydrogen-bond acceptors (Lipinski definition) is 4. The zero-order chi connectivity index (χ0) is 22.3. The lowest BCUT2D eigenvalue weighted by atomic mass is 10.2. The Hall–Kier alpha value is -3.14. The van der Waals surface area contributed by atoms with Gasteiger partial charge in [0.15, 0.2) is 0 Å². The molecule has 3 aromatic carbocycles. The zero-order valence-corrected chi connectivity index (χ0v) is 19.1. The maximum Gasteiger partial charge on any atom is 0.122 e. The molecule has 32 heavy (non-hydrogen) atoms. The number of hydrogen-bond donors (Lipinski definition) is 1. The van der Waals surface area contributed by atoms with Gasteiger partial charge in [-0.25, -0.2) is 0 Å². The van der Waals surface area contributed by atoms with E-state index in [-0.39, 0.29) is 0 Å². The van der Waals surface area contributed by atoms with E-state index < -0.39 is 0 Å². The van der Waals surface area contributed by atoms with E-state index in [0.29, 0.717) is 13.2 Å². The molecule has 3 rings (SSSR count). The van der Waals surface area contributed by atoms with Crippen molar-refractivity contribution in [3.8, 4) is 17.2 Å². The second-order valence-corrected chi connectivity index (χ2v) is 7.80.